The molecule has 2 fully saturated rings. The minimum atomic E-state index is -2.94. The fraction of sp³-hybridized carbons (Fsp3) is 0.423. The van der Waals surface area contributed by atoms with Crippen LogP contribution in [0.25, 0.3) is 16.8 Å². The number of rotatable bonds is 5. The van der Waals surface area contributed by atoms with Crippen molar-refractivity contribution in [3.05, 3.63) is 59.6 Å². The normalized spacial score (nSPS) is 21.8. The minimum Gasteiger partial charge on any atom is -0.469 e. The van der Waals surface area contributed by atoms with Crippen LogP contribution in [0.1, 0.15) is 37.3 Å². The van der Waals surface area contributed by atoms with Crippen LogP contribution in [0.5, 0.6) is 0 Å². The van der Waals surface area contributed by atoms with E-state index in [-0.39, 0.29) is 29.3 Å². The molecule has 0 radical (unpaired) electrons. The van der Waals surface area contributed by atoms with Gasteiger partial charge in [0.25, 0.3) is 0 Å². The summed E-state index contributed by atoms with van der Waals surface area (Å²) in [6.07, 6.45) is 8.91. The highest BCUT2D eigenvalue weighted by molar-refractivity contribution is 7.91. The number of ether oxygens (including phenoxy) is 1. The molecule has 0 amide bonds. The Labute approximate surface area is 216 Å². The molecule has 3 heterocycles. The lowest BCUT2D eigenvalue weighted by Crippen LogP contribution is -2.40. The summed E-state index contributed by atoms with van der Waals surface area (Å²) in [6.45, 7) is 0.991. The zero-order chi connectivity index (χ0) is 25.3. The van der Waals surface area contributed by atoms with Crippen molar-refractivity contribution in [3.63, 3.8) is 0 Å². The van der Waals surface area contributed by atoms with E-state index < -0.39 is 9.84 Å². The van der Waals surface area contributed by atoms with Crippen LogP contribution >= 0.6 is 11.6 Å². The van der Waals surface area contributed by atoms with Crippen molar-refractivity contribution in [2.24, 2.45) is 5.92 Å². The van der Waals surface area contributed by atoms with E-state index in [0.29, 0.717) is 18.1 Å². The summed E-state index contributed by atoms with van der Waals surface area (Å²) < 4.78 is 30.5. The lowest BCUT2D eigenvalue weighted by atomic mass is 9.76. The van der Waals surface area contributed by atoms with Crippen LogP contribution in [0.2, 0.25) is 5.02 Å². The number of halogens is 1. The highest BCUT2D eigenvalue weighted by Crippen LogP contribution is 2.42. The number of methoxy groups -OCH3 is 1. The smallest absolute Gasteiger partial charge is 0.309 e. The van der Waals surface area contributed by atoms with Gasteiger partial charge in [0.05, 0.1) is 47.1 Å². The van der Waals surface area contributed by atoms with Gasteiger partial charge in [-0.1, -0.05) is 36.6 Å². The molecule has 2 atom stereocenters. The van der Waals surface area contributed by atoms with Gasteiger partial charge in [-0.3, -0.25) is 9.78 Å². The van der Waals surface area contributed by atoms with Gasteiger partial charge in [-0.25, -0.2) is 13.1 Å². The molecule has 2 aliphatic rings. The first-order valence-corrected chi connectivity index (χ1v) is 14.4. The van der Waals surface area contributed by atoms with Crippen LogP contribution in [-0.2, 0) is 19.4 Å². The van der Waals surface area contributed by atoms with Crippen molar-refractivity contribution in [1.82, 2.24) is 14.8 Å². The van der Waals surface area contributed by atoms with E-state index in [9.17, 15) is 13.2 Å². The Bertz CT molecular complexity index is 1340. The number of anilines is 1. The molecule has 10 heteroatoms. The van der Waals surface area contributed by atoms with Gasteiger partial charge < -0.3 is 9.64 Å². The van der Waals surface area contributed by atoms with Gasteiger partial charge in [0.15, 0.2) is 9.84 Å². The van der Waals surface area contributed by atoms with Crippen molar-refractivity contribution in [2.75, 3.05) is 36.6 Å². The largest absolute Gasteiger partial charge is 0.469 e. The molecule has 0 bridgehead atoms. The monoisotopic (exact) mass is 528 g/mol. The van der Waals surface area contributed by atoms with Crippen molar-refractivity contribution in [1.29, 1.82) is 0 Å². The average molecular weight is 529 g/mol. The SMILES string of the molecule is COC(=O)[C@@H]1CCCC[C@H]1c1nn(-c2cncc(Cl)c2)cc1-c1ccc(N2CCS(=O)(=O)CC2)cc1. The number of benzene rings is 1. The number of carbonyl (C=O) groups excluding carboxylic acids is 1. The Hall–Kier alpha value is -2.91. The van der Waals surface area contributed by atoms with Crippen LogP contribution < -0.4 is 4.90 Å². The second-order valence-electron chi connectivity index (χ2n) is 9.44. The maximum Gasteiger partial charge on any atom is 0.309 e. The predicted molar refractivity (Wildman–Crippen MR) is 139 cm³/mol. The molecule has 2 aromatic heterocycles. The van der Waals surface area contributed by atoms with Crippen molar-refractivity contribution >= 4 is 33.1 Å². The highest BCUT2D eigenvalue weighted by Gasteiger charge is 2.36. The number of nitrogens with zero attached hydrogens (tertiary/aromatic N) is 4. The summed E-state index contributed by atoms with van der Waals surface area (Å²) in [5, 5.41) is 5.47. The van der Waals surface area contributed by atoms with Crippen LogP contribution in [0.3, 0.4) is 0 Å². The third-order valence-electron chi connectivity index (χ3n) is 7.21. The van der Waals surface area contributed by atoms with Crippen LogP contribution in [0.4, 0.5) is 5.69 Å². The molecule has 1 saturated heterocycles. The number of hydrogen-bond donors (Lipinski definition) is 0. The highest BCUT2D eigenvalue weighted by atomic mass is 35.5. The lowest BCUT2D eigenvalue weighted by molar-refractivity contribution is -0.147. The molecule has 3 aromatic rings. The molecular weight excluding hydrogens is 500 g/mol. The van der Waals surface area contributed by atoms with E-state index >= 15 is 0 Å². The molecule has 0 N–H and O–H groups in total. The Morgan fingerprint density at radius 1 is 1.06 bits per heavy atom. The Morgan fingerprint density at radius 2 is 1.78 bits per heavy atom. The van der Waals surface area contributed by atoms with E-state index in [1.165, 1.54) is 7.11 Å². The molecule has 1 aromatic carbocycles. The predicted octanol–water partition coefficient (Wildman–Crippen LogP) is 4.27. The van der Waals surface area contributed by atoms with Crippen molar-refractivity contribution in [3.8, 4) is 16.8 Å². The standard InChI is InChI=1S/C26H29ClN4O4S/c1-35-26(32)23-5-3-2-4-22(23)25-24(17-31(29-25)21-14-19(27)15-28-16-21)18-6-8-20(9-7-18)30-10-12-36(33,34)13-11-30/h6-9,14-17,22-23H,2-5,10-13H2,1H3/t22-,23-/m1/s1. The van der Waals surface area contributed by atoms with Crippen molar-refractivity contribution in [2.45, 2.75) is 31.6 Å². The van der Waals surface area contributed by atoms with E-state index in [1.54, 1.807) is 23.1 Å². The van der Waals surface area contributed by atoms with Gasteiger partial charge in [-0.05, 0) is 36.6 Å². The quantitative estimate of drug-likeness (QED) is 0.456. The number of aromatic nitrogens is 3. The third kappa shape index (κ3) is 5.13. The average Bonchev–Trinajstić information content (AvgIpc) is 3.34. The molecule has 1 aliphatic carbocycles. The lowest BCUT2D eigenvalue weighted by Gasteiger charge is -2.29. The second-order valence-corrected chi connectivity index (χ2v) is 12.2. The summed E-state index contributed by atoms with van der Waals surface area (Å²) >= 11 is 6.19. The molecule has 190 valence electrons. The molecule has 5 rings (SSSR count). The summed E-state index contributed by atoms with van der Waals surface area (Å²) in [4.78, 5) is 19.0. The number of pyridine rings is 1. The first-order chi connectivity index (χ1) is 17.3. The summed E-state index contributed by atoms with van der Waals surface area (Å²) in [6, 6.07) is 9.92. The third-order valence-corrected chi connectivity index (χ3v) is 9.02. The van der Waals surface area contributed by atoms with Crippen LogP contribution in [-0.4, -0.2) is 60.9 Å². The molecule has 0 spiro atoms. The maximum atomic E-state index is 12.7. The van der Waals surface area contributed by atoms with E-state index in [2.05, 4.69) is 9.88 Å². The van der Waals surface area contributed by atoms with Gasteiger partial charge in [0.2, 0.25) is 0 Å². The van der Waals surface area contributed by atoms with E-state index in [0.717, 1.165) is 53.9 Å². The van der Waals surface area contributed by atoms with Crippen LogP contribution in [0, 0.1) is 5.92 Å². The molecule has 1 aliphatic heterocycles. The zero-order valence-corrected chi connectivity index (χ0v) is 21.7. The van der Waals surface area contributed by atoms with E-state index in [4.69, 9.17) is 21.4 Å². The molecular formula is C26H29ClN4O4S. The Kier molecular flexibility index (Phi) is 7.03. The summed E-state index contributed by atoms with van der Waals surface area (Å²) in [5.41, 5.74) is 4.53. The molecule has 1 saturated carbocycles. The van der Waals surface area contributed by atoms with Gasteiger partial charge in [0, 0.05) is 42.7 Å². The molecule has 0 unspecified atom stereocenters. The summed E-state index contributed by atoms with van der Waals surface area (Å²) in [5.74, 6) is -0.134. The second kappa shape index (κ2) is 10.2. The first kappa shape index (κ1) is 24.8. The number of esters is 1. The number of sulfone groups is 1. The Balaban J connectivity index is 1.52. The fourth-order valence-electron chi connectivity index (χ4n) is 5.26. The number of carbonyl (C=O) groups is 1. The van der Waals surface area contributed by atoms with Crippen LogP contribution in [0.15, 0.2) is 48.9 Å². The Morgan fingerprint density at radius 3 is 2.47 bits per heavy atom. The summed E-state index contributed by atoms with van der Waals surface area (Å²) in [7, 11) is -1.50. The topological polar surface area (TPSA) is 94.4 Å². The number of hydrogen-bond acceptors (Lipinski definition) is 7. The molecule has 36 heavy (non-hydrogen) atoms. The molecule has 8 nitrogen and oxygen atoms in total. The van der Waals surface area contributed by atoms with Gasteiger partial charge in [-0.15, -0.1) is 0 Å². The van der Waals surface area contributed by atoms with Crippen molar-refractivity contribution < 1.29 is 17.9 Å². The van der Waals surface area contributed by atoms with Gasteiger partial charge in [-0.2, -0.15) is 5.10 Å². The minimum absolute atomic E-state index is 0.0541. The van der Waals surface area contributed by atoms with E-state index in [1.807, 2.05) is 30.5 Å². The zero-order valence-electron chi connectivity index (χ0n) is 20.1. The maximum absolute atomic E-state index is 12.7. The first-order valence-electron chi connectivity index (χ1n) is 12.2. The van der Waals surface area contributed by atoms with Gasteiger partial charge in [0.1, 0.15) is 0 Å². The van der Waals surface area contributed by atoms with Gasteiger partial charge >= 0.3 is 5.97 Å². The fourth-order valence-corrected chi connectivity index (χ4v) is 6.63.